The van der Waals surface area contributed by atoms with Crippen LogP contribution in [-0.2, 0) is 6.54 Å². The average Bonchev–Trinajstić information content (AvgIpc) is 2.72. The fourth-order valence-corrected chi connectivity index (χ4v) is 2.85. The summed E-state index contributed by atoms with van der Waals surface area (Å²) >= 11 is 6.14. The Morgan fingerprint density at radius 3 is 2.62 bits per heavy atom. The first-order valence-corrected chi connectivity index (χ1v) is 8.96. The minimum atomic E-state index is -0.392. The molecule has 1 heterocycles. The highest BCUT2D eigenvalue weighted by Crippen LogP contribution is 2.36. The predicted molar refractivity (Wildman–Crippen MR) is 106 cm³/mol. The fourth-order valence-electron chi connectivity index (χ4n) is 2.56. The zero-order valence-electron chi connectivity index (χ0n) is 15.7. The molecular weight excluding hydrogens is 399 g/mol. The van der Waals surface area contributed by atoms with E-state index in [4.69, 9.17) is 25.8 Å². The van der Waals surface area contributed by atoms with E-state index in [9.17, 15) is 9.18 Å². The monoisotopic (exact) mass is 416 g/mol. The van der Waals surface area contributed by atoms with Crippen molar-refractivity contribution < 1.29 is 23.4 Å². The van der Waals surface area contributed by atoms with Gasteiger partial charge in [-0.2, -0.15) is 0 Å². The number of halogens is 2. The minimum Gasteiger partial charge on any atom is -0.493 e. The van der Waals surface area contributed by atoms with E-state index in [1.54, 1.807) is 36.5 Å². The van der Waals surface area contributed by atoms with Crippen molar-refractivity contribution in [2.45, 2.75) is 6.54 Å². The van der Waals surface area contributed by atoms with E-state index in [0.717, 1.165) is 5.56 Å². The first kappa shape index (κ1) is 20.4. The molecule has 2 aromatic carbocycles. The number of hydrogen-bond donors (Lipinski definition) is 1. The van der Waals surface area contributed by atoms with Crippen molar-refractivity contribution in [2.24, 2.45) is 0 Å². The number of pyridine rings is 1. The molecule has 0 unspecified atom stereocenters. The lowest BCUT2D eigenvalue weighted by atomic mass is 10.1. The topological polar surface area (TPSA) is 69.7 Å². The summed E-state index contributed by atoms with van der Waals surface area (Å²) in [7, 11) is 2.94. The van der Waals surface area contributed by atoms with Crippen molar-refractivity contribution in [3.05, 3.63) is 76.7 Å². The Morgan fingerprint density at radius 2 is 1.97 bits per heavy atom. The average molecular weight is 417 g/mol. The van der Waals surface area contributed by atoms with Gasteiger partial charge in [0.05, 0.1) is 19.2 Å². The van der Waals surface area contributed by atoms with Crippen molar-refractivity contribution >= 4 is 17.5 Å². The molecule has 0 aliphatic heterocycles. The van der Waals surface area contributed by atoms with Crippen LogP contribution in [0.4, 0.5) is 4.39 Å². The third kappa shape index (κ3) is 5.14. The Labute approximate surface area is 172 Å². The van der Waals surface area contributed by atoms with Crippen LogP contribution in [0.1, 0.15) is 15.9 Å². The quantitative estimate of drug-likeness (QED) is 0.609. The molecule has 0 radical (unpaired) electrons. The molecule has 0 spiro atoms. The van der Waals surface area contributed by atoms with Crippen molar-refractivity contribution in [3.63, 3.8) is 0 Å². The second-order valence-electron chi connectivity index (χ2n) is 5.94. The van der Waals surface area contributed by atoms with Crippen LogP contribution >= 0.6 is 11.6 Å². The molecule has 3 aromatic rings. The van der Waals surface area contributed by atoms with Gasteiger partial charge in [0.25, 0.3) is 5.91 Å². The summed E-state index contributed by atoms with van der Waals surface area (Å²) in [6.45, 7) is 0.248. The number of methoxy groups -OCH3 is 2. The Morgan fingerprint density at radius 1 is 1.14 bits per heavy atom. The van der Waals surface area contributed by atoms with Crippen LogP contribution in [0, 0.1) is 5.82 Å². The van der Waals surface area contributed by atoms with Crippen molar-refractivity contribution in [1.82, 2.24) is 10.3 Å². The third-order valence-corrected chi connectivity index (χ3v) is 4.25. The normalized spacial score (nSPS) is 10.3. The van der Waals surface area contributed by atoms with E-state index in [2.05, 4.69) is 10.3 Å². The van der Waals surface area contributed by atoms with Gasteiger partial charge in [0.15, 0.2) is 11.5 Å². The smallest absolute Gasteiger partial charge is 0.251 e. The SMILES string of the molecule is COc1cc(C(=O)NCc2ccc(Oc3cccc(F)c3)nc2)cc(Cl)c1OC. The predicted octanol–water partition coefficient (Wildman–Crippen LogP) is 4.61. The number of nitrogens with one attached hydrogen (secondary N) is 1. The summed E-state index contributed by atoms with van der Waals surface area (Å²) in [5.41, 5.74) is 1.10. The molecule has 150 valence electrons. The summed E-state index contributed by atoms with van der Waals surface area (Å²) in [6.07, 6.45) is 1.57. The van der Waals surface area contributed by atoms with Gasteiger partial charge in [-0.3, -0.25) is 4.79 Å². The summed E-state index contributed by atoms with van der Waals surface area (Å²) in [6, 6.07) is 12.2. The standard InChI is InChI=1S/C21H18ClFN2O4/c1-27-18-9-14(8-17(22)20(18)28-2)21(26)25-12-13-6-7-19(24-11-13)29-16-5-3-4-15(23)10-16/h3-11H,12H2,1-2H3,(H,25,26). The van der Waals surface area contributed by atoms with Gasteiger partial charge in [0.2, 0.25) is 5.88 Å². The van der Waals surface area contributed by atoms with E-state index < -0.39 is 5.82 Å². The van der Waals surface area contributed by atoms with Crippen LogP contribution in [0.3, 0.4) is 0 Å². The van der Waals surface area contributed by atoms with Gasteiger partial charge < -0.3 is 19.5 Å². The van der Waals surface area contributed by atoms with Crippen molar-refractivity contribution in [1.29, 1.82) is 0 Å². The number of carbonyl (C=O) groups is 1. The molecule has 1 aromatic heterocycles. The second kappa shape index (κ2) is 9.25. The Bertz CT molecular complexity index is 1010. The van der Waals surface area contributed by atoms with Gasteiger partial charge in [0, 0.05) is 30.4 Å². The number of ether oxygens (including phenoxy) is 3. The molecule has 0 bridgehead atoms. The lowest BCUT2D eigenvalue weighted by Crippen LogP contribution is -2.23. The summed E-state index contributed by atoms with van der Waals surface area (Å²) < 4.78 is 29.1. The maximum atomic E-state index is 13.2. The van der Waals surface area contributed by atoms with E-state index in [0.29, 0.717) is 28.7 Å². The summed E-state index contributed by atoms with van der Waals surface area (Å²) in [4.78, 5) is 16.6. The molecular formula is C21H18ClFN2O4. The first-order chi connectivity index (χ1) is 14.0. The lowest BCUT2D eigenvalue weighted by molar-refractivity contribution is 0.0950. The highest BCUT2D eigenvalue weighted by atomic mass is 35.5. The number of nitrogens with zero attached hydrogens (tertiary/aromatic N) is 1. The van der Waals surface area contributed by atoms with Gasteiger partial charge >= 0.3 is 0 Å². The molecule has 3 rings (SSSR count). The maximum Gasteiger partial charge on any atom is 0.251 e. The van der Waals surface area contributed by atoms with Crippen LogP contribution in [0.15, 0.2) is 54.7 Å². The molecule has 0 saturated carbocycles. The molecule has 0 fully saturated rings. The number of rotatable bonds is 7. The second-order valence-corrected chi connectivity index (χ2v) is 6.35. The zero-order chi connectivity index (χ0) is 20.8. The Balaban J connectivity index is 1.62. The summed E-state index contributed by atoms with van der Waals surface area (Å²) in [5.74, 6) is 0.681. The molecule has 6 nitrogen and oxygen atoms in total. The van der Waals surface area contributed by atoms with Gasteiger partial charge in [-0.1, -0.05) is 23.7 Å². The third-order valence-electron chi connectivity index (χ3n) is 3.96. The number of amides is 1. The molecule has 0 saturated heterocycles. The fraction of sp³-hybridized carbons (Fsp3) is 0.143. The van der Waals surface area contributed by atoms with E-state index in [1.165, 1.54) is 32.4 Å². The molecule has 0 aliphatic carbocycles. The Kier molecular flexibility index (Phi) is 6.51. The minimum absolute atomic E-state index is 0.248. The highest BCUT2D eigenvalue weighted by Gasteiger charge is 2.15. The van der Waals surface area contributed by atoms with Crippen LogP contribution in [0.25, 0.3) is 0 Å². The zero-order valence-corrected chi connectivity index (χ0v) is 16.5. The number of hydrogen-bond acceptors (Lipinski definition) is 5. The van der Waals surface area contributed by atoms with Crippen LogP contribution in [0.2, 0.25) is 5.02 Å². The van der Waals surface area contributed by atoms with Crippen LogP contribution in [0.5, 0.6) is 23.1 Å². The van der Waals surface area contributed by atoms with Crippen LogP contribution in [-0.4, -0.2) is 25.1 Å². The largest absolute Gasteiger partial charge is 0.493 e. The summed E-state index contributed by atoms with van der Waals surface area (Å²) in [5, 5.41) is 3.06. The highest BCUT2D eigenvalue weighted by molar-refractivity contribution is 6.32. The molecule has 0 atom stereocenters. The van der Waals surface area contributed by atoms with E-state index >= 15 is 0 Å². The van der Waals surface area contributed by atoms with Crippen LogP contribution < -0.4 is 19.5 Å². The number of benzene rings is 2. The Hall–Kier alpha value is -3.32. The first-order valence-electron chi connectivity index (χ1n) is 8.58. The number of carbonyl (C=O) groups excluding carboxylic acids is 1. The van der Waals surface area contributed by atoms with Crippen molar-refractivity contribution in [2.75, 3.05) is 14.2 Å². The molecule has 8 heteroatoms. The lowest BCUT2D eigenvalue weighted by Gasteiger charge is -2.12. The molecule has 29 heavy (non-hydrogen) atoms. The van der Waals surface area contributed by atoms with Gasteiger partial charge in [-0.05, 0) is 29.8 Å². The van der Waals surface area contributed by atoms with E-state index in [1.807, 2.05) is 0 Å². The molecule has 0 aliphatic rings. The van der Waals surface area contributed by atoms with Gasteiger partial charge in [-0.15, -0.1) is 0 Å². The van der Waals surface area contributed by atoms with Gasteiger partial charge in [-0.25, -0.2) is 9.37 Å². The van der Waals surface area contributed by atoms with Crippen molar-refractivity contribution in [3.8, 4) is 23.1 Å². The number of aromatic nitrogens is 1. The molecule has 1 N–H and O–H groups in total. The maximum absolute atomic E-state index is 13.2. The molecule has 1 amide bonds. The van der Waals surface area contributed by atoms with Gasteiger partial charge in [0.1, 0.15) is 11.6 Å². The van der Waals surface area contributed by atoms with E-state index in [-0.39, 0.29) is 17.5 Å².